The summed E-state index contributed by atoms with van der Waals surface area (Å²) in [6, 6.07) is 1.93. The summed E-state index contributed by atoms with van der Waals surface area (Å²) in [5, 5.41) is 9.34. The predicted octanol–water partition coefficient (Wildman–Crippen LogP) is 2.74. The van der Waals surface area contributed by atoms with Gasteiger partial charge in [0.1, 0.15) is 0 Å². The third-order valence-corrected chi connectivity index (χ3v) is 2.55. The van der Waals surface area contributed by atoms with Crippen LogP contribution in [0.5, 0.6) is 0 Å². The second kappa shape index (κ2) is 4.61. The molecule has 0 unspecified atom stereocenters. The average Bonchev–Trinajstić information content (AvgIpc) is 2.15. The number of aliphatic hydroxyl groups is 1. The van der Waals surface area contributed by atoms with Gasteiger partial charge in [-0.05, 0) is 30.7 Å². The fraction of sp³-hybridized carbons (Fsp3) is 0.400. The van der Waals surface area contributed by atoms with Gasteiger partial charge in [-0.25, -0.2) is 0 Å². The van der Waals surface area contributed by atoms with Crippen molar-refractivity contribution in [3.8, 4) is 0 Å². The van der Waals surface area contributed by atoms with Crippen LogP contribution in [0.4, 0.5) is 13.2 Å². The molecule has 0 radical (unpaired) electrons. The van der Waals surface area contributed by atoms with E-state index < -0.39 is 23.9 Å². The number of nitrogens with two attached hydrogens (primary N) is 1. The third-order valence-electron chi connectivity index (χ3n) is 2.20. The molecule has 2 atom stereocenters. The molecule has 0 amide bonds. The summed E-state index contributed by atoms with van der Waals surface area (Å²) < 4.78 is 37.3. The van der Waals surface area contributed by atoms with Gasteiger partial charge in [-0.15, -0.1) is 0 Å². The first-order chi connectivity index (χ1) is 7.23. The lowest BCUT2D eigenvalue weighted by Crippen LogP contribution is -2.24. The SMILES string of the molecule is C[C@@H](O)[C@H](N)c1cc(C(F)(F)F)ccc1Cl. The van der Waals surface area contributed by atoms with E-state index in [0.29, 0.717) is 0 Å². The van der Waals surface area contributed by atoms with Crippen LogP contribution in [0.3, 0.4) is 0 Å². The van der Waals surface area contributed by atoms with Gasteiger partial charge in [0.05, 0.1) is 17.7 Å². The van der Waals surface area contributed by atoms with E-state index in [0.717, 1.165) is 18.2 Å². The van der Waals surface area contributed by atoms with E-state index in [1.54, 1.807) is 0 Å². The summed E-state index contributed by atoms with van der Waals surface area (Å²) in [6.07, 6.45) is -5.42. The van der Waals surface area contributed by atoms with Gasteiger partial charge in [0, 0.05) is 5.02 Å². The molecular formula is C10H11ClF3NO. The molecule has 0 aliphatic heterocycles. The van der Waals surface area contributed by atoms with Crippen LogP contribution in [0.2, 0.25) is 5.02 Å². The Morgan fingerprint density at radius 3 is 2.38 bits per heavy atom. The van der Waals surface area contributed by atoms with Crippen LogP contribution >= 0.6 is 11.6 Å². The second-order valence-electron chi connectivity index (χ2n) is 3.50. The number of hydrogen-bond donors (Lipinski definition) is 2. The number of halogens is 4. The molecule has 0 aromatic heterocycles. The van der Waals surface area contributed by atoms with Crippen LogP contribution < -0.4 is 5.73 Å². The molecule has 3 N–H and O–H groups in total. The fourth-order valence-electron chi connectivity index (χ4n) is 1.24. The fourth-order valence-corrected chi connectivity index (χ4v) is 1.48. The number of rotatable bonds is 2. The normalized spacial score (nSPS) is 15.9. The highest BCUT2D eigenvalue weighted by Gasteiger charge is 2.31. The summed E-state index contributed by atoms with van der Waals surface area (Å²) in [7, 11) is 0. The second-order valence-corrected chi connectivity index (χ2v) is 3.91. The first kappa shape index (κ1) is 13.3. The van der Waals surface area contributed by atoms with Crippen molar-refractivity contribution < 1.29 is 18.3 Å². The van der Waals surface area contributed by atoms with Crippen molar-refractivity contribution >= 4 is 11.6 Å². The molecule has 90 valence electrons. The van der Waals surface area contributed by atoms with E-state index in [2.05, 4.69) is 0 Å². The van der Waals surface area contributed by atoms with Crippen LogP contribution in [0, 0.1) is 0 Å². The highest BCUT2D eigenvalue weighted by atomic mass is 35.5. The highest BCUT2D eigenvalue weighted by Crippen LogP contribution is 2.33. The monoisotopic (exact) mass is 253 g/mol. The standard InChI is InChI=1S/C10H11ClF3NO/c1-5(16)9(15)7-4-6(10(12,13)14)2-3-8(7)11/h2-5,9,16H,15H2,1H3/t5-,9+/m1/s1. The first-order valence-corrected chi connectivity index (χ1v) is 4.91. The Morgan fingerprint density at radius 1 is 1.38 bits per heavy atom. The Balaban J connectivity index is 3.19. The number of aliphatic hydroxyl groups excluding tert-OH is 1. The number of hydrogen-bond acceptors (Lipinski definition) is 2. The van der Waals surface area contributed by atoms with Gasteiger partial charge in [0.15, 0.2) is 0 Å². The molecule has 0 fully saturated rings. The molecule has 0 aliphatic rings. The Hall–Kier alpha value is -0.780. The van der Waals surface area contributed by atoms with E-state index in [4.69, 9.17) is 17.3 Å². The molecule has 0 bridgehead atoms. The minimum Gasteiger partial charge on any atom is -0.391 e. The first-order valence-electron chi connectivity index (χ1n) is 4.53. The quantitative estimate of drug-likeness (QED) is 0.851. The lowest BCUT2D eigenvalue weighted by molar-refractivity contribution is -0.137. The lowest BCUT2D eigenvalue weighted by Gasteiger charge is -2.18. The molecule has 16 heavy (non-hydrogen) atoms. The van der Waals surface area contributed by atoms with Gasteiger partial charge < -0.3 is 10.8 Å². The zero-order valence-corrected chi connectivity index (χ0v) is 9.18. The molecule has 1 aromatic rings. The third kappa shape index (κ3) is 2.87. The van der Waals surface area contributed by atoms with Crippen LogP contribution in [0.15, 0.2) is 18.2 Å². The number of benzene rings is 1. The van der Waals surface area contributed by atoms with Crippen molar-refractivity contribution in [1.29, 1.82) is 0 Å². The van der Waals surface area contributed by atoms with Crippen molar-refractivity contribution in [3.63, 3.8) is 0 Å². The summed E-state index contributed by atoms with van der Waals surface area (Å²) in [4.78, 5) is 0. The van der Waals surface area contributed by atoms with Gasteiger partial charge >= 0.3 is 6.18 Å². The maximum absolute atomic E-state index is 12.4. The Kier molecular flexibility index (Phi) is 3.83. The van der Waals surface area contributed by atoms with Gasteiger partial charge in [0.2, 0.25) is 0 Å². The molecule has 0 heterocycles. The topological polar surface area (TPSA) is 46.2 Å². The van der Waals surface area contributed by atoms with E-state index in [1.807, 2.05) is 0 Å². The zero-order chi connectivity index (χ0) is 12.5. The van der Waals surface area contributed by atoms with E-state index in [-0.39, 0.29) is 10.6 Å². The minimum atomic E-state index is -4.45. The van der Waals surface area contributed by atoms with Crippen LogP contribution in [0.1, 0.15) is 24.1 Å². The molecular weight excluding hydrogens is 243 g/mol. The molecule has 1 aromatic carbocycles. The van der Waals surface area contributed by atoms with Gasteiger partial charge in [0.25, 0.3) is 0 Å². The van der Waals surface area contributed by atoms with Gasteiger partial charge in [-0.1, -0.05) is 11.6 Å². The van der Waals surface area contributed by atoms with Crippen molar-refractivity contribution in [2.24, 2.45) is 5.73 Å². The predicted molar refractivity (Wildman–Crippen MR) is 55.1 cm³/mol. The summed E-state index contributed by atoms with van der Waals surface area (Å²) in [6.45, 7) is 1.39. The number of alkyl halides is 3. The smallest absolute Gasteiger partial charge is 0.391 e. The van der Waals surface area contributed by atoms with Crippen molar-refractivity contribution in [2.45, 2.75) is 25.2 Å². The van der Waals surface area contributed by atoms with Gasteiger partial charge in [-0.3, -0.25) is 0 Å². The maximum Gasteiger partial charge on any atom is 0.416 e. The lowest BCUT2D eigenvalue weighted by atomic mass is 10.0. The molecule has 0 saturated heterocycles. The van der Waals surface area contributed by atoms with Gasteiger partial charge in [-0.2, -0.15) is 13.2 Å². The molecule has 0 aliphatic carbocycles. The van der Waals surface area contributed by atoms with Crippen molar-refractivity contribution in [2.75, 3.05) is 0 Å². The van der Waals surface area contributed by atoms with Crippen LogP contribution in [-0.2, 0) is 6.18 Å². The molecule has 6 heteroatoms. The molecule has 0 spiro atoms. The van der Waals surface area contributed by atoms with E-state index in [9.17, 15) is 18.3 Å². The average molecular weight is 254 g/mol. The Labute approximate surface area is 95.8 Å². The van der Waals surface area contributed by atoms with Crippen LogP contribution in [-0.4, -0.2) is 11.2 Å². The van der Waals surface area contributed by atoms with Crippen molar-refractivity contribution in [1.82, 2.24) is 0 Å². The largest absolute Gasteiger partial charge is 0.416 e. The molecule has 1 rings (SSSR count). The maximum atomic E-state index is 12.4. The van der Waals surface area contributed by atoms with Crippen molar-refractivity contribution in [3.05, 3.63) is 34.3 Å². The Morgan fingerprint density at radius 2 is 1.94 bits per heavy atom. The molecule has 2 nitrogen and oxygen atoms in total. The summed E-state index contributed by atoms with van der Waals surface area (Å²) >= 11 is 5.73. The van der Waals surface area contributed by atoms with E-state index in [1.165, 1.54) is 6.92 Å². The molecule has 0 saturated carbocycles. The highest BCUT2D eigenvalue weighted by molar-refractivity contribution is 6.31. The minimum absolute atomic E-state index is 0.0893. The Bertz CT molecular complexity index is 379. The van der Waals surface area contributed by atoms with E-state index >= 15 is 0 Å². The zero-order valence-electron chi connectivity index (χ0n) is 8.42. The summed E-state index contributed by atoms with van der Waals surface area (Å²) in [5.41, 5.74) is 4.81. The summed E-state index contributed by atoms with van der Waals surface area (Å²) in [5.74, 6) is 0. The van der Waals surface area contributed by atoms with Crippen LogP contribution in [0.25, 0.3) is 0 Å².